The van der Waals surface area contributed by atoms with Crippen LogP contribution < -0.4 is 10.6 Å². The van der Waals surface area contributed by atoms with Crippen molar-refractivity contribution in [2.24, 2.45) is 0 Å². The van der Waals surface area contributed by atoms with Gasteiger partial charge >= 0.3 is 6.03 Å². The predicted molar refractivity (Wildman–Crippen MR) is 108 cm³/mol. The van der Waals surface area contributed by atoms with Gasteiger partial charge in [-0.25, -0.2) is 4.79 Å². The first kappa shape index (κ1) is 18.3. The van der Waals surface area contributed by atoms with E-state index in [1.807, 2.05) is 43.6 Å². The second-order valence-corrected chi connectivity index (χ2v) is 7.83. The maximum absolute atomic E-state index is 12.4. The van der Waals surface area contributed by atoms with Gasteiger partial charge in [-0.3, -0.25) is 0 Å². The Labute approximate surface area is 158 Å². The SMILES string of the molecule is Cc1ccc(CNC(=O)NC(C)c2c(-n3cccc3)sc(C)c2C)cc1. The topological polar surface area (TPSA) is 46.1 Å². The van der Waals surface area contributed by atoms with Crippen molar-refractivity contribution < 1.29 is 4.79 Å². The number of carbonyl (C=O) groups is 1. The molecule has 2 N–H and O–H groups in total. The van der Waals surface area contributed by atoms with Crippen LogP contribution in [-0.4, -0.2) is 10.6 Å². The maximum Gasteiger partial charge on any atom is 0.315 e. The molecule has 26 heavy (non-hydrogen) atoms. The van der Waals surface area contributed by atoms with Crippen LogP contribution in [0.3, 0.4) is 0 Å². The Kier molecular flexibility index (Phi) is 5.47. The lowest BCUT2D eigenvalue weighted by Crippen LogP contribution is -2.37. The fraction of sp³-hybridized carbons (Fsp3) is 0.286. The summed E-state index contributed by atoms with van der Waals surface area (Å²) in [5, 5.41) is 7.19. The monoisotopic (exact) mass is 367 g/mol. The molecule has 0 aliphatic carbocycles. The second-order valence-electron chi connectivity index (χ2n) is 6.63. The molecule has 4 nitrogen and oxygen atoms in total. The molecule has 2 heterocycles. The number of carbonyl (C=O) groups excluding carboxylic acids is 1. The average molecular weight is 368 g/mol. The van der Waals surface area contributed by atoms with E-state index in [0.717, 1.165) is 10.6 Å². The van der Waals surface area contributed by atoms with Crippen LogP contribution in [0, 0.1) is 20.8 Å². The van der Waals surface area contributed by atoms with E-state index in [1.54, 1.807) is 11.3 Å². The van der Waals surface area contributed by atoms with Crippen molar-refractivity contribution in [2.75, 3.05) is 0 Å². The van der Waals surface area contributed by atoms with E-state index in [0.29, 0.717) is 6.54 Å². The molecule has 2 aromatic heterocycles. The van der Waals surface area contributed by atoms with Crippen LogP contribution in [-0.2, 0) is 6.54 Å². The fourth-order valence-corrected chi connectivity index (χ4v) is 4.23. The zero-order valence-corrected chi connectivity index (χ0v) is 16.5. The summed E-state index contributed by atoms with van der Waals surface area (Å²) < 4.78 is 2.11. The van der Waals surface area contributed by atoms with Gasteiger partial charge in [0.1, 0.15) is 5.00 Å². The van der Waals surface area contributed by atoms with Crippen LogP contribution >= 0.6 is 11.3 Å². The molecule has 0 saturated heterocycles. The molecule has 1 aromatic carbocycles. The highest BCUT2D eigenvalue weighted by molar-refractivity contribution is 7.14. The molecule has 3 rings (SSSR count). The number of nitrogens with zero attached hydrogens (tertiary/aromatic N) is 1. The van der Waals surface area contributed by atoms with Gasteiger partial charge in [-0.15, -0.1) is 11.3 Å². The third-order valence-corrected chi connectivity index (χ3v) is 5.84. The smallest absolute Gasteiger partial charge is 0.315 e. The van der Waals surface area contributed by atoms with Crippen LogP contribution in [0.1, 0.15) is 40.1 Å². The molecule has 5 heteroatoms. The van der Waals surface area contributed by atoms with Crippen molar-refractivity contribution >= 4 is 17.4 Å². The van der Waals surface area contributed by atoms with Crippen LogP contribution in [0.4, 0.5) is 4.79 Å². The Morgan fingerprint density at radius 2 is 1.77 bits per heavy atom. The van der Waals surface area contributed by atoms with E-state index in [1.165, 1.54) is 21.6 Å². The number of benzene rings is 1. The Balaban J connectivity index is 1.69. The highest BCUT2D eigenvalue weighted by Gasteiger charge is 2.20. The fourth-order valence-electron chi connectivity index (χ4n) is 3.01. The molecular formula is C21H25N3OS. The molecule has 0 radical (unpaired) electrons. The first-order chi connectivity index (χ1) is 12.5. The largest absolute Gasteiger partial charge is 0.334 e. The summed E-state index contributed by atoms with van der Waals surface area (Å²) in [6, 6.07) is 12.0. The van der Waals surface area contributed by atoms with Gasteiger partial charge in [-0.05, 0) is 51.0 Å². The van der Waals surface area contributed by atoms with E-state index in [-0.39, 0.29) is 12.1 Å². The lowest BCUT2D eigenvalue weighted by Gasteiger charge is -2.17. The summed E-state index contributed by atoms with van der Waals surface area (Å²) in [5.74, 6) is 0. The lowest BCUT2D eigenvalue weighted by molar-refractivity contribution is 0.237. The van der Waals surface area contributed by atoms with Gasteiger partial charge in [0.05, 0.1) is 6.04 Å². The summed E-state index contributed by atoms with van der Waals surface area (Å²) in [6.07, 6.45) is 4.08. The van der Waals surface area contributed by atoms with E-state index < -0.39 is 0 Å². The van der Waals surface area contributed by atoms with Crippen molar-refractivity contribution in [3.8, 4) is 5.00 Å². The van der Waals surface area contributed by atoms with Crippen LogP contribution in [0.15, 0.2) is 48.8 Å². The molecular weight excluding hydrogens is 342 g/mol. The maximum atomic E-state index is 12.4. The highest BCUT2D eigenvalue weighted by Crippen LogP contribution is 2.35. The number of aryl methyl sites for hydroxylation is 2. The summed E-state index contributed by atoms with van der Waals surface area (Å²) in [6.45, 7) is 8.86. The summed E-state index contributed by atoms with van der Waals surface area (Å²) in [4.78, 5) is 13.6. The average Bonchev–Trinajstić information content (AvgIpc) is 3.23. The highest BCUT2D eigenvalue weighted by atomic mass is 32.1. The molecule has 2 amide bonds. The van der Waals surface area contributed by atoms with Gasteiger partial charge < -0.3 is 15.2 Å². The molecule has 1 unspecified atom stereocenters. The molecule has 136 valence electrons. The predicted octanol–water partition coefficient (Wildman–Crippen LogP) is 5.02. The van der Waals surface area contributed by atoms with Gasteiger partial charge in [-0.2, -0.15) is 0 Å². The van der Waals surface area contributed by atoms with E-state index >= 15 is 0 Å². The third-order valence-electron chi connectivity index (χ3n) is 4.61. The van der Waals surface area contributed by atoms with Crippen molar-refractivity contribution in [1.29, 1.82) is 0 Å². The molecule has 0 bridgehead atoms. The van der Waals surface area contributed by atoms with Gasteiger partial charge in [0.25, 0.3) is 0 Å². The minimum absolute atomic E-state index is 0.0737. The Morgan fingerprint density at radius 3 is 2.42 bits per heavy atom. The molecule has 0 saturated carbocycles. The van der Waals surface area contributed by atoms with Gasteiger partial charge in [0, 0.05) is 29.4 Å². The van der Waals surface area contributed by atoms with Crippen molar-refractivity contribution in [1.82, 2.24) is 15.2 Å². The summed E-state index contributed by atoms with van der Waals surface area (Å²) >= 11 is 1.76. The first-order valence-corrected chi connectivity index (χ1v) is 9.60. The Morgan fingerprint density at radius 1 is 1.12 bits per heavy atom. The molecule has 1 atom stereocenters. The standard InChI is InChI=1S/C21H25N3OS/c1-14-7-9-18(10-8-14)13-22-21(25)23-16(3)19-15(2)17(4)26-20(19)24-11-5-6-12-24/h5-12,16H,13H2,1-4H3,(H2,22,23,25). The van der Waals surface area contributed by atoms with Crippen molar-refractivity contribution in [2.45, 2.75) is 40.3 Å². The van der Waals surface area contributed by atoms with E-state index in [2.05, 4.69) is 48.1 Å². The van der Waals surface area contributed by atoms with E-state index in [4.69, 9.17) is 0 Å². The quantitative estimate of drug-likeness (QED) is 0.653. The number of nitrogens with one attached hydrogen (secondary N) is 2. The Hall–Kier alpha value is -2.53. The van der Waals surface area contributed by atoms with Crippen LogP contribution in [0.25, 0.3) is 5.00 Å². The van der Waals surface area contributed by atoms with Crippen molar-refractivity contribution in [3.05, 3.63) is 75.9 Å². The minimum atomic E-state index is -0.153. The van der Waals surface area contributed by atoms with Gasteiger partial charge in [0.2, 0.25) is 0 Å². The molecule has 0 spiro atoms. The number of urea groups is 1. The normalized spacial score (nSPS) is 12.0. The van der Waals surface area contributed by atoms with Crippen LogP contribution in [0.2, 0.25) is 0 Å². The van der Waals surface area contributed by atoms with Crippen molar-refractivity contribution in [3.63, 3.8) is 0 Å². The number of hydrogen-bond acceptors (Lipinski definition) is 2. The number of thiophene rings is 1. The van der Waals surface area contributed by atoms with Crippen LogP contribution in [0.5, 0.6) is 0 Å². The summed E-state index contributed by atoms with van der Waals surface area (Å²) in [7, 11) is 0. The minimum Gasteiger partial charge on any atom is -0.334 e. The number of rotatable bonds is 5. The number of hydrogen-bond donors (Lipinski definition) is 2. The van der Waals surface area contributed by atoms with Gasteiger partial charge in [0.15, 0.2) is 0 Å². The molecule has 0 aliphatic heterocycles. The number of aromatic nitrogens is 1. The zero-order chi connectivity index (χ0) is 18.7. The van der Waals surface area contributed by atoms with E-state index in [9.17, 15) is 4.79 Å². The second kappa shape index (κ2) is 7.79. The van der Waals surface area contributed by atoms with Gasteiger partial charge in [-0.1, -0.05) is 29.8 Å². The first-order valence-electron chi connectivity index (χ1n) is 8.79. The zero-order valence-electron chi connectivity index (χ0n) is 15.7. The lowest BCUT2D eigenvalue weighted by atomic mass is 10.1. The summed E-state index contributed by atoms with van der Waals surface area (Å²) in [5.41, 5.74) is 4.72. The number of amides is 2. The molecule has 0 fully saturated rings. The Bertz CT molecular complexity index is 879. The molecule has 3 aromatic rings. The molecule has 0 aliphatic rings. The third kappa shape index (κ3) is 3.99.